The maximum atomic E-state index is 12.5. The molecule has 184 valence electrons. The fraction of sp³-hybridized carbons (Fsp3) is 0.333. The highest BCUT2D eigenvalue weighted by Gasteiger charge is 2.20. The summed E-state index contributed by atoms with van der Waals surface area (Å²) >= 11 is 1.90. The SMILES string of the molecule is CCCCCCCSc1ccc(-c2ccc(C(=O)O[C@@H](C)C(=O)OCc3ccccc3)cc2)cc1. The van der Waals surface area contributed by atoms with Crippen molar-refractivity contribution in [2.45, 2.75) is 63.6 Å². The molecule has 0 unspecified atom stereocenters. The molecule has 1 atom stereocenters. The molecule has 0 N–H and O–H groups in total. The van der Waals surface area contributed by atoms with Gasteiger partial charge in [-0.2, -0.15) is 0 Å². The van der Waals surface area contributed by atoms with Crippen molar-refractivity contribution in [3.05, 3.63) is 90.0 Å². The lowest BCUT2D eigenvalue weighted by Gasteiger charge is -2.13. The third-order valence-corrected chi connectivity index (χ3v) is 6.76. The highest BCUT2D eigenvalue weighted by molar-refractivity contribution is 7.99. The van der Waals surface area contributed by atoms with Crippen molar-refractivity contribution in [3.8, 4) is 11.1 Å². The standard InChI is InChI=1S/C30H34O4S/c1-3-4-5-6-10-21-35-28-19-17-26(18-20-28)25-13-15-27(16-14-25)30(32)34-23(2)29(31)33-22-24-11-8-7-9-12-24/h7-9,11-20,23H,3-6,10,21-22H2,1-2H3/t23-/m0/s1. The van der Waals surface area contributed by atoms with E-state index in [2.05, 4.69) is 31.2 Å². The summed E-state index contributed by atoms with van der Waals surface area (Å²) in [6.07, 6.45) is 5.52. The van der Waals surface area contributed by atoms with E-state index >= 15 is 0 Å². The van der Waals surface area contributed by atoms with Crippen molar-refractivity contribution in [1.82, 2.24) is 0 Å². The van der Waals surface area contributed by atoms with E-state index in [1.165, 1.54) is 43.9 Å². The Bertz CT molecular complexity index is 1050. The highest BCUT2D eigenvalue weighted by Crippen LogP contribution is 2.25. The molecule has 0 aromatic heterocycles. The predicted molar refractivity (Wildman–Crippen MR) is 142 cm³/mol. The third kappa shape index (κ3) is 8.91. The molecule has 3 aromatic carbocycles. The lowest BCUT2D eigenvalue weighted by molar-refractivity contribution is -0.154. The lowest BCUT2D eigenvalue weighted by atomic mass is 10.0. The van der Waals surface area contributed by atoms with Gasteiger partial charge in [0.15, 0.2) is 6.10 Å². The van der Waals surface area contributed by atoms with Crippen molar-refractivity contribution < 1.29 is 19.1 Å². The quantitative estimate of drug-likeness (QED) is 0.140. The van der Waals surface area contributed by atoms with Crippen LogP contribution in [-0.4, -0.2) is 23.8 Å². The number of hydrogen-bond donors (Lipinski definition) is 0. The van der Waals surface area contributed by atoms with Crippen LogP contribution in [0.15, 0.2) is 83.8 Å². The van der Waals surface area contributed by atoms with Crippen LogP contribution in [0.4, 0.5) is 0 Å². The maximum absolute atomic E-state index is 12.5. The van der Waals surface area contributed by atoms with E-state index in [0.29, 0.717) is 5.56 Å². The largest absolute Gasteiger partial charge is 0.458 e. The number of benzene rings is 3. The van der Waals surface area contributed by atoms with E-state index in [-0.39, 0.29) is 6.61 Å². The molecule has 4 nitrogen and oxygen atoms in total. The molecule has 3 rings (SSSR count). The molecule has 0 aliphatic heterocycles. The number of rotatable bonds is 13. The van der Waals surface area contributed by atoms with Crippen LogP contribution in [-0.2, 0) is 20.9 Å². The second kappa shape index (κ2) is 14.4. The van der Waals surface area contributed by atoms with Crippen LogP contribution in [0, 0.1) is 0 Å². The Morgan fingerprint density at radius 1 is 0.800 bits per heavy atom. The third-order valence-electron chi connectivity index (χ3n) is 5.66. The molecule has 0 saturated heterocycles. The van der Waals surface area contributed by atoms with Gasteiger partial charge in [-0.1, -0.05) is 87.2 Å². The van der Waals surface area contributed by atoms with Gasteiger partial charge in [0.05, 0.1) is 5.56 Å². The summed E-state index contributed by atoms with van der Waals surface area (Å²) in [6, 6.07) is 25.1. The molecule has 0 saturated carbocycles. The summed E-state index contributed by atoms with van der Waals surface area (Å²) in [5, 5.41) is 0. The first kappa shape index (κ1) is 26.6. The molecule has 5 heteroatoms. The number of thioether (sulfide) groups is 1. The molecule has 35 heavy (non-hydrogen) atoms. The molecular weight excluding hydrogens is 456 g/mol. The van der Waals surface area contributed by atoms with Gasteiger partial charge >= 0.3 is 11.9 Å². The minimum atomic E-state index is -0.984. The van der Waals surface area contributed by atoms with Crippen LogP contribution in [0.2, 0.25) is 0 Å². The van der Waals surface area contributed by atoms with Crippen LogP contribution >= 0.6 is 11.8 Å². The smallest absolute Gasteiger partial charge is 0.347 e. The zero-order valence-electron chi connectivity index (χ0n) is 20.6. The number of carbonyl (C=O) groups is 2. The van der Waals surface area contributed by atoms with E-state index in [4.69, 9.17) is 9.47 Å². The van der Waals surface area contributed by atoms with E-state index in [0.717, 1.165) is 22.4 Å². The Kier molecular flexibility index (Phi) is 10.9. The first-order chi connectivity index (χ1) is 17.1. The van der Waals surface area contributed by atoms with Crippen molar-refractivity contribution in [2.75, 3.05) is 5.75 Å². The van der Waals surface area contributed by atoms with Crippen LogP contribution in [0.5, 0.6) is 0 Å². The number of ether oxygens (including phenoxy) is 2. The minimum Gasteiger partial charge on any atom is -0.458 e. The number of carbonyl (C=O) groups excluding carboxylic acids is 2. The van der Waals surface area contributed by atoms with Gasteiger partial charge in [0.1, 0.15) is 6.61 Å². The monoisotopic (exact) mass is 490 g/mol. The summed E-state index contributed by atoms with van der Waals surface area (Å²) in [5.41, 5.74) is 3.39. The molecule has 0 heterocycles. The first-order valence-corrected chi connectivity index (χ1v) is 13.3. The Morgan fingerprint density at radius 3 is 2.09 bits per heavy atom. The number of esters is 2. The zero-order chi connectivity index (χ0) is 24.9. The Hall–Kier alpha value is -3.05. The summed E-state index contributed by atoms with van der Waals surface area (Å²) in [7, 11) is 0. The van der Waals surface area contributed by atoms with Crippen molar-refractivity contribution >= 4 is 23.7 Å². The van der Waals surface area contributed by atoms with Gasteiger partial charge in [0.2, 0.25) is 0 Å². The van der Waals surface area contributed by atoms with Crippen molar-refractivity contribution in [1.29, 1.82) is 0 Å². The average molecular weight is 491 g/mol. The fourth-order valence-corrected chi connectivity index (χ4v) is 4.47. The van der Waals surface area contributed by atoms with Crippen molar-refractivity contribution in [2.24, 2.45) is 0 Å². The second-order valence-electron chi connectivity index (χ2n) is 8.51. The fourth-order valence-electron chi connectivity index (χ4n) is 3.56. The molecule has 0 radical (unpaired) electrons. The van der Waals surface area contributed by atoms with E-state index in [1.807, 2.05) is 54.2 Å². The molecule has 3 aromatic rings. The molecule has 0 spiro atoms. The van der Waals surface area contributed by atoms with Gasteiger partial charge in [-0.3, -0.25) is 0 Å². The maximum Gasteiger partial charge on any atom is 0.347 e. The first-order valence-electron chi connectivity index (χ1n) is 12.3. The molecule has 0 amide bonds. The van der Waals surface area contributed by atoms with Crippen LogP contribution in [0.3, 0.4) is 0 Å². The van der Waals surface area contributed by atoms with Gasteiger partial charge in [-0.15, -0.1) is 11.8 Å². The van der Waals surface area contributed by atoms with Gasteiger partial charge in [0.25, 0.3) is 0 Å². The molecule has 0 bridgehead atoms. The predicted octanol–water partition coefficient (Wildman–Crippen LogP) is 7.70. The van der Waals surface area contributed by atoms with E-state index in [9.17, 15) is 9.59 Å². The highest BCUT2D eigenvalue weighted by atomic mass is 32.2. The van der Waals surface area contributed by atoms with E-state index in [1.54, 1.807) is 12.1 Å². The topological polar surface area (TPSA) is 52.6 Å². The van der Waals surface area contributed by atoms with Crippen LogP contribution in [0.25, 0.3) is 11.1 Å². The molecule has 0 aliphatic carbocycles. The Balaban J connectivity index is 1.46. The summed E-state index contributed by atoms with van der Waals surface area (Å²) in [6.45, 7) is 3.90. The lowest BCUT2D eigenvalue weighted by Crippen LogP contribution is -2.26. The van der Waals surface area contributed by atoms with Gasteiger partial charge in [0, 0.05) is 4.90 Å². The minimum absolute atomic E-state index is 0.145. The normalized spacial score (nSPS) is 11.6. The summed E-state index contributed by atoms with van der Waals surface area (Å²) in [4.78, 5) is 25.9. The number of hydrogen-bond acceptors (Lipinski definition) is 5. The second-order valence-corrected chi connectivity index (χ2v) is 9.67. The molecule has 0 aliphatic rings. The van der Waals surface area contributed by atoms with E-state index < -0.39 is 18.0 Å². The summed E-state index contributed by atoms with van der Waals surface area (Å²) in [5.74, 6) is 0.0297. The Morgan fingerprint density at radius 2 is 1.43 bits per heavy atom. The number of unbranched alkanes of at least 4 members (excludes halogenated alkanes) is 4. The van der Waals surface area contributed by atoms with Gasteiger partial charge in [-0.25, -0.2) is 9.59 Å². The summed E-state index contributed by atoms with van der Waals surface area (Å²) < 4.78 is 10.5. The van der Waals surface area contributed by atoms with Crippen molar-refractivity contribution in [3.63, 3.8) is 0 Å². The van der Waals surface area contributed by atoms with Gasteiger partial charge in [-0.05, 0) is 60.1 Å². The van der Waals surface area contributed by atoms with Crippen LogP contribution < -0.4 is 0 Å². The Labute approximate surface area is 213 Å². The van der Waals surface area contributed by atoms with Gasteiger partial charge < -0.3 is 9.47 Å². The molecule has 0 fully saturated rings. The van der Waals surface area contributed by atoms with Crippen LogP contribution in [0.1, 0.15) is 61.9 Å². The molecular formula is C30H34O4S. The zero-order valence-corrected chi connectivity index (χ0v) is 21.4. The average Bonchev–Trinajstić information content (AvgIpc) is 2.90.